The summed E-state index contributed by atoms with van der Waals surface area (Å²) in [6.45, 7) is 0.989. The van der Waals surface area contributed by atoms with Crippen LogP contribution >= 0.6 is 0 Å². The molecule has 2 aliphatic heterocycles. The number of nitrogens with one attached hydrogen (secondary N) is 3. The van der Waals surface area contributed by atoms with Crippen LogP contribution in [0.25, 0.3) is 0 Å². The maximum Gasteiger partial charge on any atom is 0.418 e. The summed E-state index contributed by atoms with van der Waals surface area (Å²) in [5.74, 6) is -1.20. The molecular weight excluding hydrogens is 408 g/mol. The first-order valence-corrected chi connectivity index (χ1v) is 10.0. The Morgan fingerprint density at radius 1 is 1.17 bits per heavy atom. The van der Waals surface area contributed by atoms with Gasteiger partial charge in [0.15, 0.2) is 0 Å². The minimum Gasteiger partial charge on any atom is -0.380 e. The lowest BCUT2D eigenvalue weighted by Gasteiger charge is -2.49. The number of carbonyl (C=O) groups excluding carboxylic acids is 3. The zero-order valence-corrected chi connectivity index (χ0v) is 16.0. The van der Waals surface area contributed by atoms with Gasteiger partial charge in [-0.15, -0.1) is 4.28 Å². The number of hydrogen-bond acceptors (Lipinski definition) is 7. The third-order valence-electron chi connectivity index (χ3n) is 4.84. The number of carbonyl (C=O) groups is 3. The largest absolute Gasteiger partial charge is 0.418 e. The standard InChI is InChI=1S/C16H20N4O8S/c21-13(11-4-2-1-3-5-11)17-18-14(22)12-8-16(9-27-10-16)6-7-20(12)15(23)19-28-29(24,25)26/h1-5,12H,6-10H2,(H,17,21)(H,18,22)(H,19,23)(H,24,25,26)/t12-/m0/s1. The summed E-state index contributed by atoms with van der Waals surface area (Å²) in [5, 5.41) is 0. The summed E-state index contributed by atoms with van der Waals surface area (Å²) in [6, 6.07) is 6.16. The lowest BCUT2D eigenvalue weighted by Crippen LogP contribution is -2.63. The number of hydroxylamine groups is 1. The van der Waals surface area contributed by atoms with Crippen LogP contribution in [0.3, 0.4) is 0 Å². The van der Waals surface area contributed by atoms with E-state index in [9.17, 15) is 22.8 Å². The Balaban J connectivity index is 1.66. The fraction of sp³-hybridized carbons (Fsp3) is 0.438. The number of likely N-dealkylation sites (tertiary alicyclic amines) is 1. The zero-order chi connectivity index (χ0) is 21.1. The number of hydrazine groups is 1. The second-order valence-electron chi connectivity index (χ2n) is 6.88. The Morgan fingerprint density at radius 2 is 1.86 bits per heavy atom. The topological polar surface area (TPSA) is 163 Å². The van der Waals surface area contributed by atoms with Gasteiger partial charge in [-0.1, -0.05) is 18.2 Å². The normalized spacial score (nSPS) is 20.4. The number of ether oxygens (including phenoxy) is 1. The Morgan fingerprint density at radius 3 is 2.45 bits per heavy atom. The fourth-order valence-corrected chi connectivity index (χ4v) is 3.45. The third kappa shape index (κ3) is 5.20. The molecule has 4 N–H and O–H groups in total. The molecule has 29 heavy (non-hydrogen) atoms. The molecule has 0 unspecified atom stereocenters. The van der Waals surface area contributed by atoms with E-state index in [4.69, 9.17) is 9.29 Å². The van der Waals surface area contributed by atoms with Crippen molar-refractivity contribution in [2.45, 2.75) is 18.9 Å². The van der Waals surface area contributed by atoms with Gasteiger partial charge in [0, 0.05) is 17.5 Å². The molecule has 2 fully saturated rings. The summed E-state index contributed by atoms with van der Waals surface area (Å²) in [4.78, 5) is 38.1. The average molecular weight is 428 g/mol. The van der Waals surface area contributed by atoms with E-state index in [0.29, 0.717) is 25.2 Å². The minimum absolute atomic E-state index is 0.120. The van der Waals surface area contributed by atoms with Crippen LogP contribution in [0.4, 0.5) is 4.79 Å². The molecule has 1 atom stereocenters. The molecule has 0 radical (unpaired) electrons. The molecule has 13 heteroatoms. The van der Waals surface area contributed by atoms with Gasteiger partial charge in [0.25, 0.3) is 11.8 Å². The Bertz CT molecular complexity index is 887. The lowest BCUT2D eigenvalue weighted by atomic mass is 9.73. The highest BCUT2D eigenvalue weighted by molar-refractivity contribution is 7.80. The highest BCUT2D eigenvalue weighted by Gasteiger charge is 2.48. The highest BCUT2D eigenvalue weighted by atomic mass is 32.3. The van der Waals surface area contributed by atoms with Crippen LogP contribution in [0.2, 0.25) is 0 Å². The summed E-state index contributed by atoms with van der Waals surface area (Å²) in [5.41, 5.74) is 6.20. The quantitative estimate of drug-likeness (QED) is 0.364. The zero-order valence-electron chi connectivity index (χ0n) is 15.2. The van der Waals surface area contributed by atoms with E-state index in [1.165, 1.54) is 0 Å². The van der Waals surface area contributed by atoms with Crippen LogP contribution in [0.5, 0.6) is 0 Å². The van der Waals surface area contributed by atoms with E-state index >= 15 is 0 Å². The van der Waals surface area contributed by atoms with Crippen LogP contribution < -0.4 is 16.3 Å². The lowest BCUT2D eigenvalue weighted by molar-refractivity contribution is -0.156. The number of piperidine rings is 1. The first-order chi connectivity index (χ1) is 13.7. The molecule has 2 saturated heterocycles. The summed E-state index contributed by atoms with van der Waals surface area (Å²) in [6.07, 6.45) is 0.784. The van der Waals surface area contributed by atoms with E-state index in [1.54, 1.807) is 35.8 Å². The van der Waals surface area contributed by atoms with Crippen LogP contribution in [-0.4, -0.2) is 61.5 Å². The first kappa shape index (κ1) is 21.0. The van der Waals surface area contributed by atoms with Gasteiger partial charge in [0.1, 0.15) is 6.04 Å². The van der Waals surface area contributed by atoms with Gasteiger partial charge in [-0.05, 0) is 25.0 Å². The smallest absolute Gasteiger partial charge is 0.380 e. The van der Waals surface area contributed by atoms with Crippen LogP contribution in [-0.2, 0) is 24.2 Å². The molecule has 3 rings (SSSR count). The van der Waals surface area contributed by atoms with Crippen molar-refractivity contribution in [2.24, 2.45) is 5.41 Å². The molecule has 1 aromatic carbocycles. The molecule has 1 aromatic rings. The molecule has 0 aliphatic carbocycles. The van der Waals surface area contributed by atoms with E-state index in [0.717, 1.165) is 4.90 Å². The molecular formula is C16H20N4O8S. The molecule has 0 aromatic heterocycles. The fourth-order valence-electron chi connectivity index (χ4n) is 3.28. The molecule has 4 amide bonds. The van der Waals surface area contributed by atoms with Crippen molar-refractivity contribution < 1.29 is 36.4 Å². The van der Waals surface area contributed by atoms with Crippen molar-refractivity contribution in [1.82, 2.24) is 21.2 Å². The van der Waals surface area contributed by atoms with Crippen molar-refractivity contribution in [3.63, 3.8) is 0 Å². The van der Waals surface area contributed by atoms with Crippen molar-refractivity contribution in [3.05, 3.63) is 35.9 Å². The van der Waals surface area contributed by atoms with E-state index in [1.807, 2.05) is 0 Å². The number of benzene rings is 1. The summed E-state index contributed by atoms with van der Waals surface area (Å²) < 4.78 is 39.0. The van der Waals surface area contributed by atoms with Crippen molar-refractivity contribution >= 4 is 28.2 Å². The maximum atomic E-state index is 12.7. The minimum atomic E-state index is -4.90. The van der Waals surface area contributed by atoms with E-state index < -0.39 is 34.3 Å². The maximum absolute atomic E-state index is 12.7. The number of rotatable bonds is 4. The first-order valence-electron chi connectivity index (χ1n) is 8.65. The molecule has 0 saturated carbocycles. The third-order valence-corrected chi connectivity index (χ3v) is 5.13. The van der Waals surface area contributed by atoms with Gasteiger partial charge in [0.2, 0.25) is 0 Å². The van der Waals surface area contributed by atoms with Gasteiger partial charge in [0.05, 0.1) is 13.2 Å². The van der Waals surface area contributed by atoms with E-state index in [2.05, 4.69) is 15.1 Å². The Labute approximate surface area is 166 Å². The molecule has 12 nitrogen and oxygen atoms in total. The average Bonchev–Trinajstić information content (AvgIpc) is 2.68. The molecule has 1 spiro atoms. The number of amides is 4. The molecule has 158 valence electrons. The predicted octanol–water partition coefficient (Wildman–Crippen LogP) is -0.627. The van der Waals surface area contributed by atoms with Crippen molar-refractivity contribution in [2.75, 3.05) is 19.8 Å². The Hall–Kier alpha value is -2.74. The van der Waals surface area contributed by atoms with Crippen molar-refractivity contribution in [1.29, 1.82) is 0 Å². The highest BCUT2D eigenvalue weighted by Crippen LogP contribution is 2.41. The van der Waals surface area contributed by atoms with Gasteiger partial charge in [-0.2, -0.15) is 13.9 Å². The van der Waals surface area contributed by atoms with Gasteiger partial charge in [-0.25, -0.2) is 4.79 Å². The molecule has 2 heterocycles. The van der Waals surface area contributed by atoms with Crippen molar-refractivity contribution in [3.8, 4) is 0 Å². The predicted molar refractivity (Wildman–Crippen MR) is 96.2 cm³/mol. The second kappa shape index (κ2) is 8.32. The van der Waals surface area contributed by atoms with Crippen LogP contribution in [0.15, 0.2) is 30.3 Å². The number of urea groups is 1. The van der Waals surface area contributed by atoms with Gasteiger partial charge >= 0.3 is 16.4 Å². The summed E-state index contributed by atoms with van der Waals surface area (Å²) >= 11 is 0. The number of nitrogens with zero attached hydrogens (tertiary/aromatic N) is 1. The number of hydrogen-bond donors (Lipinski definition) is 4. The molecule has 2 aliphatic rings. The Kier molecular flexibility index (Phi) is 6.02. The molecule has 0 bridgehead atoms. The van der Waals surface area contributed by atoms with Crippen LogP contribution in [0.1, 0.15) is 23.2 Å². The van der Waals surface area contributed by atoms with Gasteiger partial charge in [-0.3, -0.25) is 25.0 Å². The SMILES string of the molecule is O=C(NNC(=O)[C@@H]1CC2(CCN1C(=O)NOS(=O)(=O)O)COC2)c1ccccc1. The second-order valence-corrected chi connectivity index (χ2v) is 7.91. The summed E-state index contributed by atoms with van der Waals surface area (Å²) in [7, 11) is -4.90. The van der Waals surface area contributed by atoms with E-state index in [-0.39, 0.29) is 18.4 Å². The van der Waals surface area contributed by atoms with Crippen LogP contribution in [0, 0.1) is 5.41 Å². The monoisotopic (exact) mass is 428 g/mol. The van der Waals surface area contributed by atoms with Gasteiger partial charge < -0.3 is 9.64 Å².